The predicted octanol–water partition coefficient (Wildman–Crippen LogP) is 2.32. The molecule has 3 atom stereocenters. The molecule has 0 saturated carbocycles. The first-order chi connectivity index (χ1) is 10.8. The van der Waals surface area contributed by atoms with Gasteiger partial charge >= 0.3 is 0 Å². The highest BCUT2D eigenvalue weighted by Gasteiger charge is 2.56. The van der Waals surface area contributed by atoms with Crippen LogP contribution < -0.4 is 5.32 Å². The standard InChI is InChI=1S/C18H24N2OS/c21-17(20-8-10-22-11-9-20)18(12-14-4-2-1-3-5-14)13-15-6-7-16(18)19-15/h1-5,15-16,19H,6-13H2/t15-,16+,18+/m0/s1. The lowest BCUT2D eigenvalue weighted by Crippen LogP contribution is -2.53. The Balaban J connectivity index is 1.62. The monoisotopic (exact) mass is 316 g/mol. The summed E-state index contributed by atoms with van der Waals surface area (Å²) in [6.45, 7) is 1.86. The van der Waals surface area contributed by atoms with Crippen LogP contribution in [0.3, 0.4) is 0 Å². The first-order valence-electron chi connectivity index (χ1n) is 8.45. The second kappa shape index (κ2) is 5.89. The van der Waals surface area contributed by atoms with E-state index in [0.29, 0.717) is 18.0 Å². The maximum Gasteiger partial charge on any atom is 0.230 e. The Labute approximate surface area is 136 Å². The molecule has 1 N–H and O–H groups in total. The van der Waals surface area contributed by atoms with Gasteiger partial charge in [0.05, 0.1) is 5.41 Å². The van der Waals surface area contributed by atoms with E-state index in [2.05, 4.69) is 40.5 Å². The second-order valence-corrected chi connectivity index (χ2v) is 8.15. The minimum Gasteiger partial charge on any atom is -0.341 e. The Morgan fingerprint density at radius 1 is 1.23 bits per heavy atom. The van der Waals surface area contributed by atoms with Crippen molar-refractivity contribution < 1.29 is 4.79 Å². The predicted molar refractivity (Wildman–Crippen MR) is 91.0 cm³/mol. The number of amides is 1. The van der Waals surface area contributed by atoms with Crippen LogP contribution in [0, 0.1) is 5.41 Å². The number of benzene rings is 1. The second-order valence-electron chi connectivity index (χ2n) is 6.92. The van der Waals surface area contributed by atoms with Crippen molar-refractivity contribution >= 4 is 17.7 Å². The third kappa shape index (κ3) is 2.46. The fourth-order valence-corrected chi connectivity index (χ4v) is 5.45. The highest BCUT2D eigenvalue weighted by molar-refractivity contribution is 7.99. The van der Waals surface area contributed by atoms with Gasteiger partial charge in [0.1, 0.15) is 0 Å². The summed E-state index contributed by atoms with van der Waals surface area (Å²) >= 11 is 1.97. The van der Waals surface area contributed by atoms with Crippen LogP contribution in [-0.2, 0) is 11.2 Å². The van der Waals surface area contributed by atoms with Crippen molar-refractivity contribution in [2.75, 3.05) is 24.6 Å². The quantitative estimate of drug-likeness (QED) is 0.929. The van der Waals surface area contributed by atoms with E-state index >= 15 is 0 Å². The number of carbonyl (C=O) groups is 1. The largest absolute Gasteiger partial charge is 0.341 e. The van der Waals surface area contributed by atoms with Crippen LogP contribution in [-0.4, -0.2) is 47.5 Å². The molecule has 2 bridgehead atoms. The molecule has 1 amide bonds. The molecule has 0 unspecified atom stereocenters. The third-order valence-electron chi connectivity index (χ3n) is 5.60. The zero-order chi connectivity index (χ0) is 15.0. The molecule has 4 heteroatoms. The molecule has 1 aromatic carbocycles. The fourth-order valence-electron chi connectivity index (χ4n) is 4.55. The van der Waals surface area contributed by atoms with Gasteiger partial charge < -0.3 is 10.2 Å². The molecule has 118 valence electrons. The average Bonchev–Trinajstić information content (AvgIpc) is 3.17. The minimum absolute atomic E-state index is 0.202. The maximum atomic E-state index is 13.4. The van der Waals surface area contributed by atoms with Gasteiger partial charge in [0, 0.05) is 36.7 Å². The Morgan fingerprint density at radius 2 is 2.00 bits per heavy atom. The summed E-state index contributed by atoms with van der Waals surface area (Å²) in [5.41, 5.74) is 1.10. The smallest absolute Gasteiger partial charge is 0.230 e. The fraction of sp³-hybridized carbons (Fsp3) is 0.611. The lowest BCUT2D eigenvalue weighted by molar-refractivity contribution is -0.143. The van der Waals surface area contributed by atoms with Crippen LogP contribution in [0.25, 0.3) is 0 Å². The molecule has 3 fully saturated rings. The lowest BCUT2D eigenvalue weighted by atomic mass is 9.69. The van der Waals surface area contributed by atoms with Gasteiger partial charge in [-0.15, -0.1) is 0 Å². The zero-order valence-corrected chi connectivity index (χ0v) is 13.8. The average molecular weight is 316 g/mol. The number of hydrogen-bond acceptors (Lipinski definition) is 3. The number of nitrogens with zero attached hydrogens (tertiary/aromatic N) is 1. The Bertz CT molecular complexity index is 543. The molecule has 3 aliphatic rings. The Morgan fingerprint density at radius 3 is 2.64 bits per heavy atom. The van der Waals surface area contributed by atoms with Gasteiger partial charge in [-0.05, 0) is 31.2 Å². The van der Waals surface area contributed by atoms with Gasteiger partial charge in [0.25, 0.3) is 0 Å². The van der Waals surface area contributed by atoms with Gasteiger partial charge in [-0.25, -0.2) is 0 Å². The number of hydrogen-bond donors (Lipinski definition) is 1. The molecule has 0 aromatic heterocycles. The minimum atomic E-state index is -0.202. The van der Waals surface area contributed by atoms with E-state index in [1.807, 2.05) is 11.8 Å². The molecular weight excluding hydrogens is 292 g/mol. The van der Waals surface area contributed by atoms with E-state index in [1.54, 1.807) is 0 Å². The molecular formula is C18H24N2OS. The van der Waals surface area contributed by atoms with Gasteiger partial charge in [0.2, 0.25) is 5.91 Å². The van der Waals surface area contributed by atoms with E-state index in [-0.39, 0.29) is 5.41 Å². The normalized spacial score (nSPS) is 34.1. The van der Waals surface area contributed by atoms with E-state index in [0.717, 1.165) is 43.9 Å². The van der Waals surface area contributed by atoms with Crippen molar-refractivity contribution in [1.29, 1.82) is 0 Å². The van der Waals surface area contributed by atoms with Gasteiger partial charge in [-0.2, -0.15) is 11.8 Å². The van der Waals surface area contributed by atoms with E-state index < -0.39 is 0 Å². The summed E-state index contributed by atoms with van der Waals surface area (Å²) in [4.78, 5) is 15.5. The Kier molecular flexibility index (Phi) is 3.91. The number of fused-ring (bicyclic) bond motifs is 2. The van der Waals surface area contributed by atoms with E-state index in [1.165, 1.54) is 12.0 Å². The van der Waals surface area contributed by atoms with Crippen LogP contribution in [0.2, 0.25) is 0 Å². The molecule has 3 saturated heterocycles. The van der Waals surface area contributed by atoms with Crippen molar-refractivity contribution in [3.05, 3.63) is 35.9 Å². The van der Waals surface area contributed by atoms with E-state index in [4.69, 9.17) is 0 Å². The zero-order valence-electron chi connectivity index (χ0n) is 13.0. The molecule has 0 spiro atoms. The van der Waals surface area contributed by atoms with Gasteiger partial charge in [0.15, 0.2) is 0 Å². The Hall–Kier alpha value is -1.00. The van der Waals surface area contributed by atoms with E-state index in [9.17, 15) is 4.79 Å². The summed E-state index contributed by atoms with van der Waals surface area (Å²) in [7, 11) is 0. The summed E-state index contributed by atoms with van der Waals surface area (Å²) in [5, 5.41) is 3.71. The maximum absolute atomic E-state index is 13.4. The van der Waals surface area contributed by atoms with Crippen molar-refractivity contribution in [2.45, 2.75) is 37.8 Å². The number of nitrogens with one attached hydrogen (secondary N) is 1. The summed E-state index contributed by atoms with van der Waals surface area (Å²) < 4.78 is 0. The van der Waals surface area contributed by atoms with Crippen LogP contribution in [0.15, 0.2) is 30.3 Å². The molecule has 0 radical (unpaired) electrons. The molecule has 4 rings (SSSR count). The molecule has 3 aliphatic heterocycles. The van der Waals surface area contributed by atoms with Gasteiger partial charge in [-0.3, -0.25) is 4.79 Å². The molecule has 22 heavy (non-hydrogen) atoms. The summed E-state index contributed by atoms with van der Waals surface area (Å²) in [6.07, 6.45) is 4.32. The van der Waals surface area contributed by atoms with Crippen molar-refractivity contribution in [3.8, 4) is 0 Å². The van der Waals surface area contributed by atoms with Crippen LogP contribution in [0.5, 0.6) is 0 Å². The first-order valence-corrected chi connectivity index (χ1v) is 9.60. The number of thioether (sulfide) groups is 1. The molecule has 1 aromatic rings. The molecule has 0 aliphatic carbocycles. The SMILES string of the molecule is O=C(N1CCSCC1)[C@]1(Cc2ccccc2)C[C@@H]2CC[C@H]1N2. The van der Waals surface area contributed by atoms with Crippen molar-refractivity contribution in [3.63, 3.8) is 0 Å². The highest BCUT2D eigenvalue weighted by atomic mass is 32.2. The van der Waals surface area contributed by atoms with Crippen LogP contribution in [0.1, 0.15) is 24.8 Å². The summed E-state index contributed by atoms with van der Waals surface area (Å²) in [5.74, 6) is 2.60. The molecule has 3 nitrogen and oxygen atoms in total. The topological polar surface area (TPSA) is 32.3 Å². The first kappa shape index (κ1) is 14.6. The number of carbonyl (C=O) groups excluding carboxylic acids is 1. The van der Waals surface area contributed by atoms with Gasteiger partial charge in [-0.1, -0.05) is 30.3 Å². The van der Waals surface area contributed by atoms with Crippen LogP contribution >= 0.6 is 11.8 Å². The number of rotatable bonds is 3. The van der Waals surface area contributed by atoms with Crippen LogP contribution in [0.4, 0.5) is 0 Å². The van der Waals surface area contributed by atoms with Crippen molar-refractivity contribution in [2.24, 2.45) is 5.41 Å². The van der Waals surface area contributed by atoms with Crippen molar-refractivity contribution in [1.82, 2.24) is 10.2 Å². The summed E-state index contributed by atoms with van der Waals surface area (Å²) in [6, 6.07) is 11.5. The lowest BCUT2D eigenvalue weighted by Gasteiger charge is -2.40. The molecule has 3 heterocycles. The highest BCUT2D eigenvalue weighted by Crippen LogP contribution is 2.47. The third-order valence-corrected chi connectivity index (χ3v) is 6.55.